The van der Waals surface area contributed by atoms with Gasteiger partial charge in [-0.25, -0.2) is 14.9 Å². The lowest BCUT2D eigenvalue weighted by molar-refractivity contribution is -0.126. The highest BCUT2D eigenvalue weighted by Crippen LogP contribution is 2.48. The van der Waals surface area contributed by atoms with E-state index in [1.807, 2.05) is 19.1 Å². The van der Waals surface area contributed by atoms with E-state index in [1.54, 1.807) is 36.4 Å². The van der Waals surface area contributed by atoms with Crippen molar-refractivity contribution < 1.29 is 14.3 Å². The number of benzene rings is 2. The number of anilines is 1. The SMILES string of the molecule is CCOc1ccc(N2C(=O)[C@H]3[C@@H](C2=O)N2CCCN2[C@@H]3c2ccc(C#N)cc2)cc1. The van der Waals surface area contributed by atoms with Crippen molar-refractivity contribution in [3.05, 3.63) is 59.7 Å². The zero-order valence-electron chi connectivity index (χ0n) is 16.7. The van der Waals surface area contributed by atoms with Crippen LogP contribution in [0.1, 0.15) is 30.5 Å². The van der Waals surface area contributed by atoms with E-state index >= 15 is 0 Å². The third kappa shape index (κ3) is 2.72. The van der Waals surface area contributed by atoms with Gasteiger partial charge >= 0.3 is 0 Å². The molecule has 30 heavy (non-hydrogen) atoms. The van der Waals surface area contributed by atoms with E-state index in [0.29, 0.717) is 23.6 Å². The molecule has 3 saturated heterocycles. The van der Waals surface area contributed by atoms with E-state index in [-0.39, 0.29) is 17.9 Å². The van der Waals surface area contributed by atoms with Crippen LogP contribution in [0.2, 0.25) is 0 Å². The normalized spacial score (nSPS) is 26.0. The Kier molecular flexibility index (Phi) is 4.54. The third-order valence-corrected chi connectivity index (χ3v) is 6.19. The molecular weight excluding hydrogens is 380 g/mol. The molecule has 0 radical (unpaired) electrons. The van der Waals surface area contributed by atoms with Crippen molar-refractivity contribution >= 4 is 17.5 Å². The van der Waals surface area contributed by atoms with Crippen molar-refractivity contribution in [2.24, 2.45) is 5.92 Å². The number of nitrogens with zero attached hydrogens (tertiary/aromatic N) is 4. The number of carbonyl (C=O) groups is 2. The van der Waals surface area contributed by atoms with Gasteiger partial charge < -0.3 is 4.74 Å². The highest BCUT2D eigenvalue weighted by Gasteiger charge is 2.62. The van der Waals surface area contributed by atoms with Gasteiger partial charge in [0.1, 0.15) is 11.8 Å². The molecule has 0 N–H and O–H groups in total. The van der Waals surface area contributed by atoms with Crippen molar-refractivity contribution in [2.45, 2.75) is 25.4 Å². The summed E-state index contributed by atoms with van der Waals surface area (Å²) in [4.78, 5) is 28.2. The summed E-state index contributed by atoms with van der Waals surface area (Å²) in [5.41, 5.74) is 2.12. The Hall–Kier alpha value is -3.21. The number of fused-ring (bicyclic) bond motifs is 3. The van der Waals surface area contributed by atoms with E-state index < -0.39 is 12.0 Å². The lowest BCUT2D eigenvalue weighted by atomic mass is 9.89. The van der Waals surface area contributed by atoms with Crippen molar-refractivity contribution in [2.75, 3.05) is 24.6 Å². The van der Waals surface area contributed by atoms with E-state index in [9.17, 15) is 9.59 Å². The Bertz CT molecular complexity index is 1030. The minimum absolute atomic E-state index is 0.169. The molecule has 3 heterocycles. The third-order valence-electron chi connectivity index (χ3n) is 6.19. The first-order chi connectivity index (χ1) is 14.6. The Morgan fingerprint density at radius 2 is 1.63 bits per heavy atom. The van der Waals surface area contributed by atoms with Crippen LogP contribution in [0.25, 0.3) is 0 Å². The second-order valence-electron chi connectivity index (χ2n) is 7.77. The van der Waals surface area contributed by atoms with Crippen LogP contribution in [0.5, 0.6) is 5.75 Å². The lowest BCUT2D eigenvalue weighted by Gasteiger charge is -2.29. The van der Waals surface area contributed by atoms with E-state index in [2.05, 4.69) is 16.1 Å². The molecule has 2 aromatic carbocycles. The highest BCUT2D eigenvalue weighted by molar-refractivity contribution is 6.24. The van der Waals surface area contributed by atoms with E-state index in [4.69, 9.17) is 10.00 Å². The van der Waals surface area contributed by atoms with E-state index in [1.165, 1.54) is 4.90 Å². The van der Waals surface area contributed by atoms with Crippen LogP contribution in [0.15, 0.2) is 48.5 Å². The molecule has 7 heteroatoms. The predicted molar refractivity (Wildman–Crippen MR) is 109 cm³/mol. The number of hydrazine groups is 1. The van der Waals surface area contributed by atoms with Crippen LogP contribution < -0.4 is 9.64 Å². The Morgan fingerprint density at radius 1 is 0.967 bits per heavy atom. The van der Waals surface area contributed by atoms with Crippen molar-refractivity contribution in [3.63, 3.8) is 0 Å². The van der Waals surface area contributed by atoms with Crippen LogP contribution in [-0.2, 0) is 9.59 Å². The summed E-state index contributed by atoms with van der Waals surface area (Å²) < 4.78 is 5.48. The Balaban J connectivity index is 1.51. The summed E-state index contributed by atoms with van der Waals surface area (Å²) >= 11 is 0. The molecule has 0 unspecified atom stereocenters. The number of hydrogen-bond acceptors (Lipinski definition) is 6. The summed E-state index contributed by atoms with van der Waals surface area (Å²) in [6.45, 7) is 4.06. The van der Waals surface area contributed by atoms with Gasteiger partial charge in [-0.3, -0.25) is 9.59 Å². The van der Waals surface area contributed by atoms with Gasteiger partial charge in [0.2, 0.25) is 5.91 Å². The number of carbonyl (C=O) groups excluding carboxylic acids is 2. The van der Waals surface area contributed by atoms with Crippen LogP contribution in [0.3, 0.4) is 0 Å². The fraction of sp³-hybridized carbons (Fsp3) is 0.348. The first-order valence-corrected chi connectivity index (χ1v) is 10.3. The Labute approximate surface area is 175 Å². The average Bonchev–Trinajstić information content (AvgIpc) is 3.41. The van der Waals surface area contributed by atoms with Crippen molar-refractivity contribution in [3.8, 4) is 11.8 Å². The number of ether oxygens (including phenoxy) is 1. The predicted octanol–water partition coefficient (Wildman–Crippen LogP) is 2.49. The second kappa shape index (κ2) is 7.24. The highest BCUT2D eigenvalue weighted by atomic mass is 16.5. The maximum atomic E-state index is 13.5. The van der Waals surface area contributed by atoms with Gasteiger partial charge in [-0.2, -0.15) is 5.26 Å². The minimum atomic E-state index is -0.479. The summed E-state index contributed by atoms with van der Waals surface area (Å²) in [6.07, 6.45) is 0.959. The first-order valence-electron chi connectivity index (χ1n) is 10.3. The van der Waals surface area contributed by atoms with Crippen LogP contribution in [0, 0.1) is 17.2 Å². The number of imide groups is 1. The summed E-state index contributed by atoms with van der Waals surface area (Å²) in [6, 6.07) is 15.9. The first kappa shape index (κ1) is 18.8. The molecular formula is C23H22N4O3. The minimum Gasteiger partial charge on any atom is -0.494 e. The second-order valence-corrected chi connectivity index (χ2v) is 7.77. The van der Waals surface area contributed by atoms with Crippen LogP contribution in [0.4, 0.5) is 5.69 Å². The molecule has 5 rings (SSSR count). The smallest absolute Gasteiger partial charge is 0.253 e. The van der Waals surface area contributed by atoms with Gasteiger partial charge in [-0.15, -0.1) is 0 Å². The van der Waals surface area contributed by atoms with Gasteiger partial charge in [0.25, 0.3) is 5.91 Å². The van der Waals surface area contributed by atoms with Crippen LogP contribution in [-0.4, -0.2) is 47.6 Å². The molecule has 3 fully saturated rings. The summed E-state index contributed by atoms with van der Waals surface area (Å²) in [7, 11) is 0. The summed E-state index contributed by atoms with van der Waals surface area (Å²) in [5, 5.41) is 13.3. The molecule has 3 aliphatic rings. The number of amides is 2. The lowest BCUT2D eigenvalue weighted by Crippen LogP contribution is -2.44. The average molecular weight is 402 g/mol. The maximum Gasteiger partial charge on any atom is 0.253 e. The fourth-order valence-corrected chi connectivity index (χ4v) is 4.98. The zero-order valence-corrected chi connectivity index (χ0v) is 16.7. The van der Waals surface area contributed by atoms with Gasteiger partial charge in [-0.1, -0.05) is 12.1 Å². The van der Waals surface area contributed by atoms with Crippen molar-refractivity contribution in [1.82, 2.24) is 10.0 Å². The number of hydrogen-bond donors (Lipinski definition) is 0. The molecule has 0 spiro atoms. The molecule has 7 nitrogen and oxygen atoms in total. The van der Waals surface area contributed by atoms with Gasteiger partial charge in [0.15, 0.2) is 0 Å². The standard InChI is InChI=1S/C23H22N4O3/c1-2-30-18-10-8-17(9-11-18)27-22(28)19-20(16-6-4-15(14-24)5-7-16)25-12-3-13-26(25)21(19)23(27)29/h4-11,19-21H,2-3,12-13H2,1H3/t19-,20-,21+/m1/s1. The van der Waals surface area contributed by atoms with E-state index in [0.717, 1.165) is 25.1 Å². The molecule has 3 atom stereocenters. The monoisotopic (exact) mass is 402 g/mol. The molecule has 2 amide bonds. The molecule has 0 saturated carbocycles. The van der Waals surface area contributed by atoms with Gasteiger partial charge in [-0.05, 0) is 55.3 Å². The molecule has 0 aromatic heterocycles. The quantitative estimate of drug-likeness (QED) is 0.732. The largest absolute Gasteiger partial charge is 0.494 e. The maximum absolute atomic E-state index is 13.5. The molecule has 0 aliphatic carbocycles. The number of rotatable bonds is 4. The zero-order chi connectivity index (χ0) is 20.8. The molecule has 3 aliphatic heterocycles. The number of nitriles is 1. The fourth-order valence-electron chi connectivity index (χ4n) is 4.98. The molecule has 0 bridgehead atoms. The molecule has 2 aromatic rings. The van der Waals surface area contributed by atoms with Crippen LogP contribution >= 0.6 is 0 Å². The Morgan fingerprint density at radius 3 is 2.27 bits per heavy atom. The van der Waals surface area contributed by atoms with Gasteiger partial charge in [0.05, 0.1) is 35.9 Å². The van der Waals surface area contributed by atoms with Gasteiger partial charge in [0, 0.05) is 13.1 Å². The van der Waals surface area contributed by atoms with Crippen molar-refractivity contribution in [1.29, 1.82) is 5.26 Å². The topological polar surface area (TPSA) is 76.9 Å². The molecule has 152 valence electrons. The summed E-state index contributed by atoms with van der Waals surface area (Å²) in [5.74, 6) is -0.0888.